The Bertz CT molecular complexity index is 582. The van der Waals surface area contributed by atoms with Crippen LogP contribution >= 0.6 is 11.3 Å². The molecule has 3 atom stereocenters. The van der Waals surface area contributed by atoms with Crippen LogP contribution in [-0.4, -0.2) is 22.2 Å². The lowest BCUT2D eigenvalue weighted by Crippen LogP contribution is -2.39. The average Bonchev–Trinajstić information content (AvgIpc) is 2.89. The molecule has 0 aliphatic carbocycles. The molecule has 120 valence electrons. The summed E-state index contributed by atoms with van der Waals surface area (Å²) in [6.45, 7) is 8.38. The molecule has 0 aliphatic rings. The first-order valence-corrected chi connectivity index (χ1v) is 8.77. The van der Waals surface area contributed by atoms with E-state index in [0.29, 0.717) is 6.42 Å². The lowest BCUT2D eigenvalue weighted by molar-refractivity contribution is 0.129. The van der Waals surface area contributed by atoms with E-state index >= 15 is 0 Å². The molecule has 0 saturated heterocycles. The van der Waals surface area contributed by atoms with Crippen molar-refractivity contribution in [1.82, 2.24) is 10.3 Å². The molecule has 0 spiro atoms. The number of hydrogen-bond donors (Lipinski definition) is 2. The molecule has 0 fully saturated rings. The number of aliphatic hydroxyl groups is 1. The first-order chi connectivity index (χ1) is 10.5. The molecule has 22 heavy (non-hydrogen) atoms. The van der Waals surface area contributed by atoms with Gasteiger partial charge in [0.2, 0.25) is 0 Å². The fraction of sp³-hybridized carbons (Fsp3) is 0.500. The summed E-state index contributed by atoms with van der Waals surface area (Å²) in [5.41, 5.74) is 2.27. The monoisotopic (exact) mass is 318 g/mol. The van der Waals surface area contributed by atoms with E-state index in [1.165, 1.54) is 15.4 Å². The largest absolute Gasteiger partial charge is 0.391 e. The van der Waals surface area contributed by atoms with Crippen LogP contribution in [0.4, 0.5) is 0 Å². The minimum Gasteiger partial charge on any atom is -0.391 e. The van der Waals surface area contributed by atoms with Gasteiger partial charge >= 0.3 is 0 Å². The van der Waals surface area contributed by atoms with Crippen LogP contribution in [0.25, 0.3) is 0 Å². The van der Waals surface area contributed by atoms with Crippen LogP contribution in [-0.2, 0) is 12.8 Å². The highest BCUT2D eigenvalue weighted by Crippen LogP contribution is 2.26. The van der Waals surface area contributed by atoms with Crippen LogP contribution in [0.3, 0.4) is 0 Å². The number of nitrogens with zero attached hydrogens (tertiary/aromatic N) is 1. The lowest BCUT2D eigenvalue weighted by Gasteiger charge is -2.24. The normalized spacial score (nSPS) is 15.5. The van der Waals surface area contributed by atoms with Crippen LogP contribution in [0, 0.1) is 6.92 Å². The van der Waals surface area contributed by atoms with E-state index in [-0.39, 0.29) is 12.1 Å². The quantitative estimate of drug-likeness (QED) is 0.819. The van der Waals surface area contributed by atoms with Crippen LogP contribution in [0.1, 0.15) is 48.0 Å². The third-order valence-electron chi connectivity index (χ3n) is 3.95. The molecule has 2 rings (SSSR count). The van der Waals surface area contributed by atoms with E-state index in [4.69, 9.17) is 0 Å². The molecule has 2 N–H and O–H groups in total. The SMILES string of the molecule is CCc1nc(C)c(C(C)NC(C)C(O)Cc2ccccc2)s1. The number of aromatic nitrogens is 1. The maximum Gasteiger partial charge on any atom is 0.0928 e. The van der Waals surface area contributed by atoms with Gasteiger partial charge in [0.05, 0.1) is 16.8 Å². The third kappa shape index (κ3) is 4.38. The average molecular weight is 318 g/mol. The van der Waals surface area contributed by atoms with Crippen molar-refractivity contribution >= 4 is 11.3 Å². The second kappa shape index (κ2) is 7.86. The maximum atomic E-state index is 10.4. The van der Waals surface area contributed by atoms with E-state index < -0.39 is 6.10 Å². The fourth-order valence-corrected chi connectivity index (χ4v) is 3.65. The molecule has 2 aromatic rings. The van der Waals surface area contributed by atoms with E-state index in [1.807, 2.05) is 25.1 Å². The summed E-state index contributed by atoms with van der Waals surface area (Å²) in [6, 6.07) is 10.4. The van der Waals surface area contributed by atoms with Crippen molar-refractivity contribution in [2.75, 3.05) is 0 Å². The summed E-state index contributed by atoms with van der Waals surface area (Å²) in [4.78, 5) is 5.86. The van der Waals surface area contributed by atoms with E-state index in [9.17, 15) is 5.11 Å². The second-order valence-electron chi connectivity index (χ2n) is 5.84. The first kappa shape index (κ1) is 17.1. The minimum absolute atomic E-state index is 0.0294. The van der Waals surface area contributed by atoms with E-state index in [2.05, 4.69) is 43.2 Å². The van der Waals surface area contributed by atoms with Gasteiger partial charge in [0, 0.05) is 17.0 Å². The summed E-state index contributed by atoms with van der Waals surface area (Å²) < 4.78 is 0. The smallest absolute Gasteiger partial charge is 0.0928 e. The summed E-state index contributed by atoms with van der Waals surface area (Å²) in [5, 5.41) is 15.1. The molecular formula is C18H26N2OS. The van der Waals surface area contributed by atoms with Crippen molar-refractivity contribution in [2.45, 2.75) is 58.7 Å². The molecular weight excluding hydrogens is 292 g/mol. The number of thiazole rings is 1. The first-order valence-electron chi connectivity index (χ1n) is 7.95. The molecule has 1 aromatic carbocycles. The molecule has 1 aromatic heterocycles. The van der Waals surface area contributed by atoms with Gasteiger partial charge < -0.3 is 10.4 Å². The predicted octanol–water partition coefficient (Wildman–Crippen LogP) is 3.66. The van der Waals surface area contributed by atoms with Gasteiger partial charge in [-0.05, 0) is 39.2 Å². The Balaban J connectivity index is 1.95. The Labute approximate surface area is 137 Å². The van der Waals surface area contributed by atoms with Gasteiger partial charge in [0.15, 0.2) is 0 Å². The van der Waals surface area contributed by atoms with Gasteiger partial charge in [-0.1, -0.05) is 37.3 Å². The Morgan fingerprint density at radius 2 is 1.91 bits per heavy atom. The van der Waals surface area contributed by atoms with Gasteiger partial charge in [-0.15, -0.1) is 11.3 Å². The number of rotatable bonds is 7. The van der Waals surface area contributed by atoms with Crippen molar-refractivity contribution in [3.63, 3.8) is 0 Å². The zero-order valence-corrected chi connectivity index (χ0v) is 14.7. The molecule has 1 heterocycles. The zero-order chi connectivity index (χ0) is 16.1. The molecule has 0 amide bonds. The molecule has 0 bridgehead atoms. The topological polar surface area (TPSA) is 45.2 Å². The van der Waals surface area contributed by atoms with Crippen LogP contribution in [0.15, 0.2) is 30.3 Å². The van der Waals surface area contributed by atoms with E-state index in [0.717, 1.165) is 12.1 Å². The van der Waals surface area contributed by atoms with Crippen LogP contribution in [0.2, 0.25) is 0 Å². The van der Waals surface area contributed by atoms with Gasteiger partial charge in [0.1, 0.15) is 0 Å². The van der Waals surface area contributed by atoms with Gasteiger partial charge in [-0.25, -0.2) is 4.98 Å². The fourth-order valence-electron chi connectivity index (χ4n) is 2.63. The lowest BCUT2D eigenvalue weighted by atomic mass is 10.0. The summed E-state index contributed by atoms with van der Waals surface area (Å²) >= 11 is 1.77. The number of aliphatic hydroxyl groups excluding tert-OH is 1. The molecule has 0 radical (unpaired) electrons. The van der Waals surface area contributed by atoms with Crippen molar-refractivity contribution in [1.29, 1.82) is 0 Å². The second-order valence-corrected chi connectivity index (χ2v) is 6.96. The Morgan fingerprint density at radius 1 is 1.23 bits per heavy atom. The molecule has 3 nitrogen and oxygen atoms in total. The summed E-state index contributed by atoms with van der Waals surface area (Å²) in [6.07, 6.45) is 1.25. The number of hydrogen-bond acceptors (Lipinski definition) is 4. The Hall–Kier alpha value is -1.23. The van der Waals surface area contributed by atoms with Crippen molar-refractivity contribution < 1.29 is 5.11 Å². The highest BCUT2D eigenvalue weighted by atomic mass is 32.1. The number of benzene rings is 1. The highest BCUT2D eigenvalue weighted by Gasteiger charge is 2.20. The van der Waals surface area contributed by atoms with Crippen LogP contribution < -0.4 is 5.32 Å². The van der Waals surface area contributed by atoms with Gasteiger partial charge in [0.25, 0.3) is 0 Å². The van der Waals surface area contributed by atoms with Gasteiger partial charge in [-0.2, -0.15) is 0 Å². The summed E-state index contributed by atoms with van der Waals surface area (Å²) in [7, 11) is 0. The third-order valence-corrected chi connectivity index (χ3v) is 5.43. The summed E-state index contributed by atoms with van der Waals surface area (Å²) in [5.74, 6) is 0. The Morgan fingerprint density at radius 3 is 2.50 bits per heavy atom. The minimum atomic E-state index is -0.399. The van der Waals surface area contributed by atoms with Crippen LogP contribution in [0.5, 0.6) is 0 Å². The van der Waals surface area contributed by atoms with E-state index in [1.54, 1.807) is 11.3 Å². The van der Waals surface area contributed by atoms with Crippen molar-refractivity contribution in [2.24, 2.45) is 0 Å². The zero-order valence-electron chi connectivity index (χ0n) is 13.8. The van der Waals surface area contributed by atoms with Crippen molar-refractivity contribution in [3.05, 3.63) is 51.5 Å². The number of aryl methyl sites for hydroxylation is 2. The van der Waals surface area contributed by atoms with Gasteiger partial charge in [-0.3, -0.25) is 0 Å². The Kier molecular flexibility index (Phi) is 6.12. The van der Waals surface area contributed by atoms with Crippen molar-refractivity contribution in [3.8, 4) is 0 Å². The molecule has 0 aliphatic heterocycles. The molecule has 0 saturated carbocycles. The number of nitrogens with one attached hydrogen (secondary N) is 1. The standard InChI is InChI=1S/C18H26N2OS/c1-5-17-20-14(4)18(22-17)13(3)19-12(2)16(21)11-15-9-7-6-8-10-15/h6-10,12-13,16,19,21H,5,11H2,1-4H3. The maximum absolute atomic E-state index is 10.4. The molecule has 3 unspecified atom stereocenters. The predicted molar refractivity (Wildman–Crippen MR) is 93.4 cm³/mol. The molecule has 4 heteroatoms. The highest BCUT2D eigenvalue weighted by molar-refractivity contribution is 7.11.